The number of aromatic nitrogens is 2. The first-order valence-electron chi connectivity index (χ1n) is 8.13. The van der Waals surface area contributed by atoms with Crippen LogP contribution in [0.3, 0.4) is 0 Å². The Hall–Kier alpha value is -2.23. The summed E-state index contributed by atoms with van der Waals surface area (Å²) in [6.45, 7) is 2.99. The van der Waals surface area contributed by atoms with E-state index in [1.165, 1.54) is 6.20 Å². The van der Waals surface area contributed by atoms with Gasteiger partial charge in [0.25, 0.3) is 5.91 Å². The summed E-state index contributed by atoms with van der Waals surface area (Å²) in [5, 5.41) is 18.1. The van der Waals surface area contributed by atoms with Gasteiger partial charge in [-0.15, -0.1) is 0 Å². The van der Waals surface area contributed by atoms with Crippen molar-refractivity contribution in [3.05, 3.63) is 17.7 Å². The fourth-order valence-corrected chi connectivity index (χ4v) is 2.13. The number of amides is 1. The second-order valence-electron chi connectivity index (χ2n) is 6.83. The first-order chi connectivity index (χ1) is 11.9. The maximum absolute atomic E-state index is 13.0. The lowest BCUT2D eigenvalue weighted by Crippen LogP contribution is -2.45. The van der Waals surface area contributed by atoms with E-state index < -0.39 is 36.0 Å². The number of aryl methyl sites for hydroxylation is 1. The van der Waals surface area contributed by atoms with Gasteiger partial charge >= 0.3 is 6.18 Å². The summed E-state index contributed by atoms with van der Waals surface area (Å²) < 4.78 is 44.0. The molecule has 1 fully saturated rings. The maximum Gasteiger partial charge on any atom is 0.416 e. The van der Waals surface area contributed by atoms with Crippen LogP contribution in [0.25, 0.3) is 0 Å². The number of hydrogen-bond donors (Lipinski definition) is 4. The average molecular weight is 373 g/mol. The van der Waals surface area contributed by atoms with Crippen LogP contribution in [0, 0.1) is 23.7 Å². The Morgan fingerprint density at radius 1 is 1.42 bits per heavy atom. The van der Waals surface area contributed by atoms with Crippen molar-refractivity contribution in [1.29, 1.82) is 10.8 Å². The molecule has 0 aromatic carbocycles. The SMILES string of the molecule is Cc1ncc(C(COC(C)(C)C(F)(F)F)NC(=O)C(=N)C(=N)C2CC2)[nH]1. The van der Waals surface area contributed by atoms with Gasteiger partial charge in [0.2, 0.25) is 0 Å². The molecule has 1 amide bonds. The Morgan fingerprint density at radius 3 is 2.50 bits per heavy atom. The minimum absolute atomic E-state index is 0.0569. The summed E-state index contributed by atoms with van der Waals surface area (Å²) in [6, 6.07) is -0.960. The lowest BCUT2D eigenvalue weighted by molar-refractivity contribution is -0.265. The Kier molecular flexibility index (Phi) is 5.55. The Bertz CT molecular complexity index is 707. The standard InChI is InChI=1S/C16H22F3N5O2/c1-8-22-6-10(23-8)11(7-26-15(2,3)16(17,18)19)24-14(25)13(21)12(20)9-4-5-9/h6,9,11,20-21H,4-5,7H2,1-3H3,(H,22,23)(H,24,25). The zero-order valence-electron chi connectivity index (χ0n) is 14.8. The number of aromatic amines is 1. The molecular weight excluding hydrogens is 351 g/mol. The van der Waals surface area contributed by atoms with Gasteiger partial charge in [-0.25, -0.2) is 4.98 Å². The summed E-state index contributed by atoms with van der Waals surface area (Å²) in [4.78, 5) is 19.1. The molecule has 1 aromatic heterocycles. The van der Waals surface area contributed by atoms with Crippen LogP contribution >= 0.6 is 0 Å². The van der Waals surface area contributed by atoms with E-state index in [9.17, 15) is 18.0 Å². The van der Waals surface area contributed by atoms with E-state index in [0.717, 1.165) is 26.7 Å². The van der Waals surface area contributed by atoms with Gasteiger partial charge in [-0.05, 0) is 33.6 Å². The zero-order valence-corrected chi connectivity index (χ0v) is 14.8. The van der Waals surface area contributed by atoms with Crippen LogP contribution in [-0.4, -0.2) is 45.7 Å². The van der Waals surface area contributed by atoms with E-state index in [0.29, 0.717) is 11.5 Å². The molecule has 1 saturated carbocycles. The quantitative estimate of drug-likeness (QED) is 0.525. The van der Waals surface area contributed by atoms with Crippen LogP contribution < -0.4 is 5.32 Å². The van der Waals surface area contributed by atoms with Gasteiger partial charge in [0.1, 0.15) is 11.5 Å². The van der Waals surface area contributed by atoms with Gasteiger partial charge in [0.05, 0.1) is 30.3 Å². The van der Waals surface area contributed by atoms with Crippen LogP contribution in [-0.2, 0) is 9.53 Å². The lowest BCUT2D eigenvalue weighted by Gasteiger charge is -2.30. The molecular formula is C16H22F3N5O2. The minimum Gasteiger partial charge on any atom is -0.364 e. The molecule has 1 unspecified atom stereocenters. The molecule has 144 valence electrons. The van der Waals surface area contributed by atoms with E-state index >= 15 is 0 Å². The molecule has 4 N–H and O–H groups in total. The van der Waals surface area contributed by atoms with Crippen molar-refractivity contribution in [2.24, 2.45) is 5.92 Å². The van der Waals surface area contributed by atoms with Crippen molar-refractivity contribution in [2.75, 3.05) is 6.61 Å². The molecule has 0 radical (unpaired) electrons. The highest BCUT2D eigenvalue weighted by Gasteiger charge is 2.49. The largest absolute Gasteiger partial charge is 0.416 e. The lowest BCUT2D eigenvalue weighted by atomic mass is 10.1. The third-order valence-corrected chi connectivity index (χ3v) is 4.18. The van der Waals surface area contributed by atoms with E-state index in [2.05, 4.69) is 15.3 Å². The van der Waals surface area contributed by atoms with Gasteiger partial charge in [-0.2, -0.15) is 13.2 Å². The molecule has 0 bridgehead atoms. The van der Waals surface area contributed by atoms with Crippen LogP contribution in [0.2, 0.25) is 0 Å². The molecule has 1 atom stereocenters. The molecule has 0 spiro atoms. The van der Waals surface area contributed by atoms with E-state index in [4.69, 9.17) is 15.6 Å². The topological polar surface area (TPSA) is 115 Å². The molecule has 10 heteroatoms. The number of carbonyl (C=O) groups is 1. The first-order valence-corrected chi connectivity index (χ1v) is 8.13. The van der Waals surface area contributed by atoms with Crippen LogP contribution in [0.5, 0.6) is 0 Å². The van der Waals surface area contributed by atoms with Crippen molar-refractivity contribution in [2.45, 2.75) is 51.4 Å². The summed E-state index contributed by atoms with van der Waals surface area (Å²) in [6.07, 6.45) is -1.66. The van der Waals surface area contributed by atoms with Crippen LogP contribution in [0.15, 0.2) is 6.20 Å². The van der Waals surface area contributed by atoms with Crippen LogP contribution in [0.1, 0.15) is 44.2 Å². The molecule has 0 saturated heterocycles. The number of carbonyl (C=O) groups excluding carboxylic acids is 1. The number of nitrogens with zero attached hydrogens (tertiary/aromatic N) is 1. The summed E-state index contributed by atoms with van der Waals surface area (Å²) in [5.41, 5.74) is -2.58. The molecule has 26 heavy (non-hydrogen) atoms. The second kappa shape index (κ2) is 7.18. The zero-order chi connectivity index (χ0) is 19.7. The predicted molar refractivity (Wildman–Crippen MR) is 88.5 cm³/mol. The highest BCUT2D eigenvalue weighted by atomic mass is 19.4. The second-order valence-corrected chi connectivity index (χ2v) is 6.83. The molecule has 2 rings (SSSR count). The third kappa shape index (κ3) is 4.69. The van der Waals surface area contributed by atoms with E-state index in [-0.39, 0.29) is 11.6 Å². The third-order valence-electron chi connectivity index (χ3n) is 4.18. The maximum atomic E-state index is 13.0. The number of ether oxygens (including phenoxy) is 1. The number of alkyl halides is 3. The highest BCUT2D eigenvalue weighted by Crippen LogP contribution is 2.34. The highest BCUT2D eigenvalue weighted by molar-refractivity contribution is 6.65. The van der Waals surface area contributed by atoms with Gasteiger partial charge in [-0.1, -0.05) is 0 Å². The number of imidazole rings is 1. The van der Waals surface area contributed by atoms with Crippen LogP contribution in [0.4, 0.5) is 13.2 Å². The number of rotatable bonds is 8. The van der Waals surface area contributed by atoms with Crippen molar-refractivity contribution in [3.8, 4) is 0 Å². The van der Waals surface area contributed by atoms with E-state index in [1.54, 1.807) is 6.92 Å². The molecule has 0 aliphatic heterocycles. The van der Waals surface area contributed by atoms with Gasteiger partial charge < -0.3 is 20.4 Å². The fourth-order valence-electron chi connectivity index (χ4n) is 2.13. The monoisotopic (exact) mass is 373 g/mol. The number of hydrogen-bond acceptors (Lipinski definition) is 5. The first kappa shape index (κ1) is 20.1. The minimum atomic E-state index is -4.58. The molecule has 1 heterocycles. The normalized spacial score (nSPS) is 16.2. The molecule has 1 aliphatic rings. The summed E-state index contributed by atoms with van der Waals surface area (Å²) in [5.74, 6) is -0.385. The Balaban J connectivity index is 2.10. The summed E-state index contributed by atoms with van der Waals surface area (Å²) >= 11 is 0. The Morgan fingerprint density at radius 2 is 2.04 bits per heavy atom. The van der Waals surface area contributed by atoms with Crippen molar-refractivity contribution >= 4 is 17.3 Å². The molecule has 1 aromatic rings. The predicted octanol–water partition coefficient (Wildman–Crippen LogP) is 2.68. The number of halogens is 3. The number of H-pyrrole nitrogens is 1. The molecule has 7 nitrogen and oxygen atoms in total. The average Bonchev–Trinajstić information content (AvgIpc) is 3.30. The van der Waals surface area contributed by atoms with Crippen molar-refractivity contribution < 1.29 is 22.7 Å². The van der Waals surface area contributed by atoms with Crippen molar-refractivity contribution in [1.82, 2.24) is 15.3 Å². The smallest absolute Gasteiger partial charge is 0.364 e. The van der Waals surface area contributed by atoms with E-state index in [1.807, 2.05) is 0 Å². The Labute approximate surface area is 148 Å². The number of nitrogens with one attached hydrogen (secondary N) is 4. The van der Waals surface area contributed by atoms with Gasteiger partial charge in [-0.3, -0.25) is 10.2 Å². The molecule has 1 aliphatic carbocycles. The fraction of sp³-hybridized carbons (Fsp3) is 0.625. The summed E-state index contributed by atoms with van der Waals surface area (Å²) in [7, 11) is 0. The van der Waals surface area contributed by atoms with Gasteiger partial charge in [0, 0.05) is 5.92 Å². The van der Waals surface area contributed by atoms with Crippen molar-refractivity contribution in [3.63, 3.8) is 0 Å². The van der Waals surface area contributed by atoms with Gasteiger partial charge in [0.15, 0.2) is 5.60 Å².